The van der Waals surface area contributed by atoms with Crippen LogP contribution in [0, 0.1) is 0 Å². The van der Waals surface area contributed by atoms with Gasteiger partial charge in [0.25, 0.3) is 0 Å². The number of hydrogen-bond donors (Lipinski definition) is 0. The Labute approximate surface area is 222 Å². The number of imidazole rings is 1. The van der Waals surface area contributed by atoms with E-state index in [1.54, 1.807) is 18.9 Å². The lowest BCUT2D eigenvalue weighted by Crippen LogP contribution is -2.03. The average Bonchev–Trinajstić information content (AvgIpc) is 3.23. The molecule has 0 unspecified atom stereocenters. The summed E-state index contributed by atoms with van der Waals surface area (Å²) in [6.45, 7) is 0.563. The Hall–Kier alpha value is -3.96. The van der Waals surface area contributed by atoms with Crippen molar-refractivity contribution in [1.29, 1.82) is 0 Å². The number of benzene rings is 4. The summed E-state index contributed by atoms with van der Waals surface area (Å²) in [6.07, 6.45) is 1.56. The van der Waals surface area contributed by atoms with Gasteiger partial charge in [-0.15, -0.1) is 0 Å². The predicted molar refractivity (Wildman–Crippen MR) is 150 cm³/mol. The van der Waals surface area contributed by atoms with E-state index in [1.165, 1.54) is 21.7 Å². The fraction of sp³-hybridized carbons (Fsp3) is 0.156. The van der Waals surface area contributed by atoms with Gasteiger partial charge >= 0.3 is 0 Å². The molecule has 37 heavy (non-hydrogen) atoms. The highest BCUT2D eigenvalue weighted by molar-refractivity contribution is 7.99. The van der Waals surface area contributed by atoms with Crippen LogP contribution in [0.3, 0.4) is 0 Å². The second-order valence-electron chi connectivity index (χ2n) is 8.88. The molecule has 5 rings (SSSR count). The third-order valence-corrected chi connectivity index (χ3v) is 7.34. The van der Waals surface area contributed by atoms with Crippen molar-refractivity contribution >= 4 is 11.8 Å². The fourth-order valence-corrected chi connectivity index (χ4v) is 5.09. The number of hydrogen-bond acceptors (Lipinski definition) is 4. The van der Waals surface area contributed by atoms with Gasteiger partial charge in [0.05, 0.1) is 12.8 Å². The van der Waals surface area contributed by atoms with Gasteiger partial charge in [-0.3, -0.25) is 0 Å². The topological polar surface area (TPSA) is 36.3 Å². The molecule has 1 aromatic heterocycles. The third-order valence-electron chi connectivity index (χ3n) is 6.28. The van der Waals surface area contributed by atoms with Gasteiger partial charge in [-0.05, 0) is 53.1 Å². The predicted octanol–water partition coefficient (Wildman–Crippen LogP) is 7.34. The van der Waals surface area contributed by atoms with E-state index in [1.807, 2.05) is 36.4 Å². The van der Waals surface area contributed by atoms with E-state index in [0.717, 1.165) is 40.8 Å². The summed E-state index contributed by atoms with van der Waals surface area (Å²) in [5.74, 6) is 1.73. The van der Waals surface area contributed by atoms with Crippen LogP contribution in [0.25, 0.3) is 0 Å². The van der Waals surface area contributed by atoms with Gasteiger partial charge in [0, 0.05) is 30.5 Å². The summed E-state index contributed by atoms with van der Waals surface area (Å²) >= 11 is 1.70. The van der Waals surface area contributed by atoms with Crippen LogP contribution in [0.1, 0.15) is 28.1 Å². The van der Waals surface area contributed by atoms with Crippen LogP contribution in [0.5, 0.6) is 11.5 Å². The molecule has 1 heterocycles. The molecule has 0 aliphatic carbocycles. The maximum absolute atomic E-state index is 5.98. The molecule has 0 saturated carbocycles. The lowest BCUT2D eigenvalue weighted by molar-refractivity contribution is 0.306. The monoisotopic (exact) mass is 506 g/mol. The van der Waals surface area contributed by atoms with Crippen molar-refractivity contribution in [2.75, 3.05) is 7.11 Å². The number of ether oxygens (including phenoxy) is 2. The molecule has 0 radical (unpaired) electrons. The molecule has 4 aromatic carbocycles. The minimum absolute atomic E-state index is 0.563. The van der Waals surface area contributed by atoms with Crippen molar-refractivity contribution in [2.45, 2.75) is 29.5 Å². The van der Waals surface area contributed by atoms with E-state index < -0.39 is 0 Å². The summed E-state index contributed by atoms with van der Waals surface area (Å²) in [4.78, 5) is 6.27. The first-order chi connectivity index (χ1) is 18.2. The van der Waals surface area contributed by atoms with E-state index in [4.69, 9.17) is 14.5 Å². The van der Waals surface area contributed by atoms with E-state index in [9.17, 15) is 0 Å². The van der Waals surface area contributed by atoms with Gasteiger partial charge in [0.1, 0.15) is 18.1 Å². The smallest absolute Gasteiger partial charge is 0.173 e. The third kappa shape index (κ3) is 6.43. The molecule has 5 aromatic rings. The van der Waals surface area contributed by atoms with Crippen molar-refractivity contribution in [3.05, 3.63) is 137 Å². The van der Waals surface area contributed by atoms with Crippen molar-refractivity contribution in [3.8, 4) is 11.5 Å². The second kappa shape index (κ2) is 11.8. The zero-order valence-electron chi connectivity index (χ0n) is 21.1. The Kier molecular flexibility index (Phi) is 7.92. The number of rotatable bonds is 10. The molecule has 0 atom stereocenters. The van der Waals surface area contributed by atoms with E-state index in [2.05, 4.69) is 84.4 Å². The lowest BCUT2D eigenvalue weighted by Gasteiger charge is -2.10. The Bertz CT molecular complexity index is 1410. The van der Waals surface area contributed by atoms with Crippen LogP contribution in [0.15, 0.2) is 119 Å². The van der Waals surface area contributed by atoms with Gasteiger partial charge in [-0.2, -0.15) is 0 Å². The number of nitrogens with zero attached hydrogens (tertiary/aromatic N) is 2. The molecule has 0 bridgehead atoms. The minimum Gasteiger partial charge on any atom is -0.497 e. The highest BCUT2D eigenvalue weighted by atomic mass is 32.2. The standard InChI is InChI=1S/C32H30N2O2S/c1-34-31(22-25-15-19-28(20-16-25)36-23-26-9-5-3-6-10-26)30(21-24-13-17-27(35-2)18-14-24)33-32(34)37-29-11-7-4-8-12-29/h3-20H,21-23H2,1-2H3. The summed E-state index contributed by atoms with van der Waals surface area (Å²) in [5.41, 5.74) is 5.90. The van der Waals surface area contributed by atoms with E-state index in [-0.39, 0.29) is 0 Å². The maximum Gasteiger partial charge on any atom is 0.173 e. The molecular weight excluding hydrogens is 476 g/mol. The summed E-state index contributed by atoms with van der Waals surface area (Å²) < 4.78 is 13.5. The normalized spacial score (nSPS) is 10.9. The average molecular weight is 507 g/mol. The first-order valence-corrected chi connectivity index (χ1v) is 13.2. The maximum atomic E-state index is 5.98. The molecule has 0 amide bonds. The quantitative estimate of drug-likeness (QED) is 0.199. The van der Waals surface area contributed by atoms with Crippen molar-refractivity contribution in [3.63, 3.8) is 0 Å². The molecule has 0 N–H and O–H groups in total. The highest BCUT2D eigenvalue weighted by Crippen LogP contribution is 2.30. The molecule has 5 heteroatoms. The van der Waals surface area contributed by atoms with Gasteiger partial charge in [-0.25, -0.2) is 4.98 Å². The Morgan fingerprint density at radius 3 is 1.92 bits per heavy atom. The Morgan fingerprint density at radius 2 is 1.27 bits per heavy atom. The van der Waals surface area contributed by atoms with Gasteiger partial charge in [0.2, 0.25) is 0 Å². The number of aromatic nitrogens is 2. The molecular formula is C32H30N2O2S. The van der Waals surface area contributed by atoms with Crippen LogP contribution in [0.4, 0.5) is 0 Å². The SMILES string of the molecule is COc1ccc(Cc2nc(Sc3ccccc3)n(C)c2Cc2ccc(OCc3ccccc3)cc2)cc1. The first kappa shape index (κ1) is 24.7. The summed E-state index contributed by atoms with van der Waals surface area (Å²) in [7, 11) is 3.80. The Balaban J connectivity index is 1.36. The van der Waals surface area contributed by atoms with Crippen LogP contribution in [0.2, 0.25) is 0 Å². The number of methoxy groups -OCH3 is 1. The molecule has 0 fully saturated rings. The zero-order chi connectivity index (χ0) is 25.5. The summed E-state index contributed by atoms with van der Waals surface area (Å²) in [6, 6.07) is 37.3. The Morgan fingerprint density at radius 1 is 0.676 bits per heavy atom. The molecule has 186 valence electrons. The van der Waals surface area contributed by atoms with Crippen LogP contribution >= 0.6 is 11.8 Å². The first-order valence-electron chi connectivity index (χ1n) is 12.3. The van der Waals surface area contributed by atoms with Crippen LogP contribution < -0.4 is 9.47 Å². The van der Waals surface area contributed by atoms with Gasteiger partial charge in [0.15, 0.2) is 5.16 Å². The largest absolute Gasteiger partial charge is 0.497 e. The van der Waals surface area contributed by atoms with E-state index >= 15 is 0 Å². The summed E-state index contributed by atoms with van der Waals surface area (Å²) in [5, 5.41) is 0.993. The fourth-order valence-electron chi connectivity index (χ4n) is 4.19. The molecule has 4 nitrogen and oxygen atoms in total. The van der Waals surface area contributed by atoms with Gasteiger partial charge in [-0.1, -0.05) is 84.6 Å². The molecule has 0 saturated heterocycles. The molecule has 0 spiro atoms. The zero-order valence-corrected chi connectivity index (χ0v) is 21.9. The van der Waals surface area contributed by atoms with Crippen LogP contribution in [-0.2, 0) is 26.5 Å². The second-order valence-corrected chi connectivity index (χ2v) is 9.92. The molecule has 0 aliphatic heterocycles. The molecule has 0 aliphatic rings. The van der Waals surface area contributed by atoms with Crippen molar-refractivity contribution in [2.24, 2.45) is 7.05 Å². The van der Waals surface area contributed by atoms with Gasteiger partial charge < -0.3 is 14.0 Å². The van der Waals surface area contributed by atoms with Crippen molar-refractivity contribution in [1.82, 2.24) is 9.55 Å². The lowest BCUT2D eigenvalue weighted by atomic mass is 10.0. The highest BCUT2D eigenvalue weighted by Gasteiger charge is 2.17. The van der Waals surface area contributed by atoms with E-state index in [0.29, 0.717) is 6.61 Å². The van der Waals surface area contributed by atoms with Crippen molar-refractivity contribution < 1.29 is 9.47 Å². The minimum atomic E-state index is 0.563. The van der Waals surface area contributed by atoms with Crippen LogP contribution in [-0.4, -0.2) is 16.7 Å².